The predicted octanol–water partition coefficient (Wildman–Crippen LogP) is 4.74. The van der Waals surface area contributed by atoms with Crippen LogP contribution in [-0.4, -0.2) is 48.5 Å². The number of halogens is 1. The topological polar surface area (TPSA) is 42.0 Å². The molecule has 0 bridgehead atoms. The van der Waals surface area contributed by atoms with E-state index >= 15 is 0 Å². The molecule has 1 aromatic carbocycles. The van der Waals surface area contributed by atoms with Crippen molar-refractivity contribution in [3.05, 3.63) is 29.3 Å². The quantitative estimate of drug-likeness (QED) is 0.289. The molecule has 1 aromatic rings. The number of carbonyl (C=O) groups excluding carboxylic acids is 1. The maximum absolute atomic E-state index is 13.2. The highest BCUT2D eigenvalue weighted by Crippen LogP contribution is 2.28. The molecule has 0 spiro atoms. The minimum Gasteiger partial charge on any atom is -0.441 e. The Kier molecular flexibility index (Phi) is 11.4. The molecule has 0 saturated carbocycles. The van der Waals surface area contributed by atoms with Gasteiger partial charge in [-0.25, -0.2) is 0 Å². The number of carbonyl (C=O) groups is 1. The van der Waals surface area contributed by atoms with Crippen LogP contribution in [0.5, 0.6) is 0 Å². The molecule has 0 aliphatic carbocycles. The van der Waals surface area contributed by atoms with Gasteiger partial charge < -0.3 is 14.4 Å². The number of ether oxygens (including phenoxy) is 2. The second kappa shape index (κ2) is 13.0. The van der Waals surface area contributed by atoms with Crippen LogP contribution in [0.4, 0.5) is 5.69 Å². The van der Waals surface area contributed by atoms with Crippen molar-refractivity contribution in [2.45, 2.75) is 58.9 Å². The number of thiocarbonyl (C=S) groups is 1. The lowest BCUT2D eigenvalue weighted by molar-refractivity contribution is -0.123. The maximum Gasteiger partial charge on any atom is 0.285 e. The highest BCUT2D eigenvalue weighted by molar-refractivity contribution is 7.80. The molecule has 0 aliphatic heterocycles. The Hall–Kier alpha value is -1.37. The Labute approximate surface area is 179 Å². The van der Waals surface area contributed by atoms with E-state index < -0.39 is 5.56 Å². The zero-order chi connectivity index (χ0) is 21.1. The molecule has 1 atom stereocenters. The summed E-state index contributed by atoms with van der Waals surface area (Å²) in [5.74, 6) is -0.380. The minimum absolute atomic E-state index is 0.0931. The molecule has 28 heavy (non-hydrogen) atoms. The Morgan fingerprint density at radius 3 is 2.07 bits per heavy atom. The van der Waals surface area contributed by atoms with Crippen LogP contribution in [-0.2, 0) is 27.1 Å². The number of hydrogen-bond acceptors (Lipinski definition) is 4. The van der Waals surface area contributed by atoms with E-state index in [0.717, 1.165) is 55.6 Å². The number of anilines is 1. The lowest BCUT2D eigenvalue weighted by Crippen LogP contribution is -2.43. The zero-order valence-corrected chi connectivity index (χ0v) is 19.2. The highest BCUT2D eigenvalue weighted by atomic mass is 35.5. The number of nitrogens with zero attached hydrogens (tertiary/aromatic N) is 2. The standard InChI is InChI=1S/C21H33ClN2O3S/c1-6-13-23(14-7-2)21(28)27-19(22)20(25)24(15-26-5)18-16(8-3)11-10-12-17(18)9-4/h10-12,19H,6-9,13-15H2,1-5H3. The lowest BCUT2D eigenvalue weighted by Gasteiger charge is -2.30. The number of aryl methyl sites for hydroxylation is 2. The first kappa shape index (κ1) is 24.7. The van der Waals surface area contributed by atoms with Crippen LogP contribution in [0.1, 0.15) is 51.7 Å². The van der Waals surface area contributed by atoms with Crippen molar-refractivity contribution in [3.8, 4) is 0 Å². The number of alkyl halides is 1. The molecule has 1 unspecified atom stereocenters. The molecule has 0 N–H and O–H groups in total. The third kappa shape index (κ3) is 6.61. The van der Waals surface area contributed by atoms with Crippen LogP contribution >= 0.6 is 23.8 Å². The van der Waals surface area contributed by atoms with Crippen molar-refractivity contribution < 1.29 is 14.3 Å². The van der Waals surface area contributed by atoms with E-state index in [2.05, 4.69) is 27.7 Å². The third-order valence-corrected chi connectivity index (χ3v) is 5.03. The van der Waals surface area contributed by atoms with Crippen LogP contribution < -0.4 is 4.90 Å². The second-order valence-corrected chi connectivity index (χ2v) is 7.25. The maximum atomic E-state index is 13.2. The van der Waals surface area contributed by atoms with Crippen LogP contribution in [0.2, 0.25) is 0 Å². The lowest BCUT2D eigenvalue weighted by atomic mass is 10.0. The smallest absolute Gasteiger partial charge is 0.285 e. The normalized spacial score (nSPS) is 11.8. The third-order valence-electron chi connectivity index (χ3n) is 4.40. The van der Waals surface area contributed by atoms with Gasteiger partial charge in [0.2, 0.25) is 0 Å². The Balaban J connectivity index is 3.09. The molecule has 0 heterocycles. The summed E-state index contributed by atoms with van der Waals surface area (Å²) in [4.78, 5) is 16.7. The van der Waals surface area contributed by atoms with Crippen LogP contribution in [0, 0.1) is 0 Å². The largest absolute Gasteiger partial charge is 0.441 e. The van der Waals surface area contributed by atoms with Crippen LogP contribution in [0.25, 0.3) is 0 Å². The van der Waals surface area contributed by atoms with Gasteiger partial charge in [0, 0.05) is 20.2 Å². The van der Waals surface area contributed by atoms with E-state index in [1.807, 2.05) is 23.1 Å². The number of amides is 1. The summed E-state index contributed by atoms with van der Waals surface area (Å²) in [6.45, 7) is 9.90. The predicted molar refractivity (Wildman–Crippen MR) is 120 cm³/mol. The van der Waals surface area contributed by atoms with E-state index in [0.29, 0.717) is 0 Å². The number of hydrogen-bond donors (Lipinski definition) is 0. The number of rotatable bonds is 11. The molecule has 0 aromatic heterocycles. The zero-order valence-electron chi connectivity index (χ0n) is 17.7. The van der Waals surface area contributed by atoms with E-state index in [9.17, 15) is 4.79 Å². The van der Waals surface area contributed by atoms with Gasteiger partial charge in [-0.15, -0.1) is 0 Å². The summed E-state index contributed by atoms with van der Waals surface area (Å²) < 4.78 is 11.0. The van der Waals surface area contributed by atoms with Crippen LogP contribution in [0.15, 0.2) is 18.2 Å². The molecule has 0 fully saturated rings. The molecular formula is C21H33ClN2O3S. The molecule has 7 heteroatoms. The van der Waals surface area contributed by atoms with Crippen molar-refractivity contribution in [3.63, 3.8) is 0 Å². The van der Waals surface area contributed by atoms with Gasteiger partial charge in [-0.1, -0.05) is 57.5 Å². The van der Waals surface area contributed by atoms with Gasteiger partial charge in [-0.05, 0) is 49.0 Å². The first-order valence-corrected chi connectivity index (χ1v) is 10.8. The molecule has 5 nitrogen and oxygen atoms in total. The van der Waals surface area contributed by atoms with Crippen molar-refractivity contribution >= 4 is 40.6 Å². The summed E-state index contributed by atoms with van der Waals surface area (Å²) in [5.41, 5.74) is 1.76. The van der Waals surface area contributed by atoms with Gasteiger partial charge in [0.05, 0.1) is 5.69 Å². The van der Waals surface area contributed by atoms with Gasteiger partial charge in [-0.2, -0.15) is 0 Å². The fourth-order valence-corrected chi connectivity index (χ4v) is 3.63. The summed E-state index contributed by atoms with van der Waals surface area (Å²) in [6.07, 6.45) is 3.46. The SMILES string of the molecule is CCCN(CCC)C(=S)OC(Cl)C(=O)N(COC)c1c(CC)cccc1CC. The monoisotopic (exact) mass is 428 g/mol. The average molecular weight is 429 g/mol. The molecule has 158 valence electrons. The molecule has 0 saturated heterocycles. The Morgan fingerprint density at radius 1 is 1.11 bits per heavy atom. The number of para-hydroxylation sites is 1. The Morgan fingerprint density at radius 2 is 1.64 bits per heavy atom. The van der Waals surface area contributed by atoms with Gasteiger partial charge in [0.1, 0.15) is 6.73 Å². The summed E-state index contributed by atoms with van der Waals surface area (Å²) in [7, 11) is 1.55. The van der Waals surface area contributed by atoms with Crippen molar-refractivity contribution in [2.75, 3.05) is 31.8 Å². The van der Waals surface area contributed by atoms with Gasteiger partial charge >= 0.3 is 0 Å². The van der Waals surface area contributed by atoms with Gasteiger partial charge in [-0.3, -0.25) is 9.69 Å². The number of methoxy groups -OCH3 is 1. The summed E-state index contributed by atoms with van der Waals surface area (Å²) in [5, 5.41) is 0.258. The van der Waals surface area contributed by atoms with Crippen molar-refractivity contribution in [1.29, 1.82) is 0 Å². The summed E-state index contributed by atoms with van der Waals surface area (Å²) >= 11 is 11.7. The van der Waals surface area contributed by atoms with Gasteiger partial charge in [0.15, 0.2) is 0 Å². The molecule has 0 radical (unpaired) electrons. The summed E-state index contributed by atoms with van der Waals surface area (Å²) in [6, 6.07) is 6.04. The van der Waals surface area contributed by atoms with E-state index in [-0.39, 0.29) is 17.8 Å². The molecule has 1 rings (SSSR count). The van der Waals surface area contributed by atoms with E-state index in [1.54, 1.807) is 12.0 Å². The first-order valence-electron chi connectivity index (χ1n) is 9.95. The minimum atomic E-state index is -1.21. The van der Waals surface area contributed by atoms with Crippen molar-refractivity contribution in [1.82, 2.24) is 4.90 Å². The van der Waals surface area contributed by atoms with Gasteiger partial charge in [0.25, 0.3) is 16.6 Å². The fraction of sp³-hybridized carbons (Fsp3) is 0.619. The molecule has 0 aliphatic rings. The van der Waals surface area contributed by atoms with Crippen molar-refractivity contribution in [2.24, 2.45) is 0 Å². The molecular weight excluding hydrogens is 396 g/mol. The molecule has 1 amide bonds. The highest BCUT2D eigenvalue weighted by Gasteiger charge is 2.29. The Bertz CT molecular complexity index is 614. The fourth-order valence-electron chi connectivity index (χ4n) is 3.10. The second-order valence-electron chi connectivity index (χ2n) is 6.50. The first-order chi connectivity index (χ1) is 13.4. The average Bonchev–Trinajstić information content (AvgIpc) is 2.70. The van der Waals surface area contributed by atoms with Crippen LogP contribution in [0.3, 0.4) is 0 Å². The number of benzene rings is 1. The van der Waals surface area contributed by atoms with E-state index in [4.69, 9.17) is 33.3 Å². The van der Waals surface area contributed by atoms with E-state index in [1.165, 1.54) is 0 Å².